The number of aliphatic hydroxyl groups excluding tert-OH is 1. The third kappa shape index (κ3) is 3.02. The van der Waals surface area contributed by atoms with Gasteiger partial charge >= 0.3 is 0 Å². The van der Waals surface area contributed by atoms with Crippen molar-refractivity contribution in [3.05, 3.63) is 35.5 Å². The van der Waals surface area contributed by atoms with Crippen LogP contribution in [0.2, 0.25) is 0 Å². The maximum atomic E-state index is 11.1. The number of rotatable bonds is 0. The van der Waals surface area contributed by atoms with Crippen LogP contribution in [0, 0.1) is 29.2 Å². The summed E-state index contributed by atoms with van der Waals surface area (Å²) in [6.45, 7) is 3.89. The Hall–Kier alpha value is -1.99. The third-order valence-corrected chi connectivity index (χ3v) is 6.47. The van der Waals surface area contributed by atoms with E-state index in [4.69, 9.17) is 0 Å². The Kier molecular flexibility index (Phi) is 4.43. The van der Waals surface area contributed by atoms with Crippen LogP contribution in [-0.2, 0) is 6.42 Å². The normalized spacial score (nSPS) is 30.4. The van der Waals surface area contributed by atoms with Crippen molar-refractivity contribution >= 4 is 10.9 Å². The van der Waals surface area contributed by atoms with E-state index in [0.717, 1.165) is 37.1 Å². The highest BCUT2D eigenvalue weighted by atomic mass is 16.3. The summed E-state index contributed by atoms with van der Waals surface area (Å²) < 4.78 is 0. The number of aromatic nitrogens is 1. The number of H-pyrrole nitrogens is 1. The van der Waals surface area contributed by atoms with Crippen LogP contribution in [0.3, 0.4) is 0 Å². The number of para-hydroxylation sites is 1. The molecule has 0 amide bonds. The second kappa shape index (κ2) is 6.72. The quantitative estimate of drug-likeness (QED) is 0.715. The zero-order chi connectivity index (χ0) is 17.4. The van der Waals surface area contributed by atoms with Crippen molar-refractivity contribution in [3.8, 4) is 6.19 Å². The predicted molar refractivity (Wildman–Crippen MR) is 98.8 cm³/mol. The van der Waals surface area contributed by atoms with E-state index in [-0.39, 0.29) is 0 Å². The van der Waals surface area contributed by atoms with Gasteiger partial charge in [0, 0.05) is 29.7 Å². The van der Waals surface area contributed by atoms with Crippen LogP contribution in [0.4, 0.5) is 0 Å². The molecule has 4 atom stereocenters. The van der Waals surface area contributed by atoms with E-state index in [9.17, 15) is 10.4 Å². The average Bonchev–Trinajstić information content (AvgIpc) is 2.99. The fraction of sp³-hybridized carbons (Fsp3) is 0.571. The van der Waals surface area contributed by atoms with Crippen molar-refractivity contribution in [2.24, 2.45) is 17.8 Å². The van der Waals surface area contributed by atoms with Gasteiger partial charge in [0.2, 0.25) is 0 Å². The number of hydrogen-bond donors (Lipinski definition) is 2. The SMILES string of the molecule is C[C@H]1CCC[C@H]2CN(C#N)CCc3c([nH]c4ccccc34)[C@@H](O)C[C@@H]21. The molecule has 132 valence electrons. The molecule has 1 aromatic heterocycles. The van der Waals surface area contributed by atoms with Crippen molar-refractivity contribution < 1.29 is 5.11 Å². The molecule has 1 aliphatic carbocycles. The van der Waals surface area contributed by atoms with Gasteiger partial charge in [-0.2, -0.15) is 5.26 Å². The lowest BCUT2D eigenvalue weighted by Gasteiger charge is -2.40. The van der Waals surface area contributed by atoms with E-state index in [0.29, 0.717) is 17.8 Å². The summed E-state index contributed by atoms with van der Waals surface area (Å²) in [5.41, 5.74) is 3.24. The van der Waals surface area contributed by atoms with Gasteiger partial charge in [0.25, 0.3) is 0 Å². The number of nitriles is 1. The second-order valence-electron chi connectivity index (χ2n) is 7.94. The van der Waals surface area contributed by atoms with Crippen LogP contribution in [0.25, 0.3) is 10.9 Å². The number of aliphatic hydroxyl groups is 1. The highest BCUT2D eigenvalue weighted by Gasteiger charge is 2.35. The molecule has 0 unspecified atom stereocenters. The largest absolute Gasteiger partial charge is 0.387 e. The molecule has 1 aliphatic heterocycles. The van der Waals surface area contributed by atoms with Crippen molar-refractivity contribution in [2.45, 2.75) is 45.1 Å². The summed E-state index contributed by atoms with van der Waals surface area (Å²) in [4.78, 5) is 5.42. The molecule has 0 spiro atoms. The minimum absolute atomic E-state index is 0.441. The summed E-state index contributed by atoms with van der Waals surface area (Å²) in [7, 11) is 0. The van der Waals surface area contributed by atoms with Gasteiger partial charge in [-0.3, -0.25) is 0 Å². The summed E-state index contributed by atoms with van der Waals surface area (Å²) in [5, 5.41) is 21.8. The van der Waals surface area contributed by atoms with Gasteiger partial charge in [0.1, 0.15) is 0 Å². The summed E-state index contributed by atoms with van der Waals surface area (Å²) >= 11 is 0. The standard InChI is InChI=1S/C21H27N3O/c1-14-5-4-6-15-12-24(13-22)10-9-17-16-7-2-3-8-19(16)23-21(17)20(25)11-18(14)15/h2-3,7-8,14-15,18,20,23,25H,4-6,9-12H2,1H3/t14-,15-,18+,20-/m0/s1. The Labute approximate surface area is 149 Å². The Morgan fingerprint density at radius 3 is 2.96 bits per heavy atom. The molecule has 2 aromatic rings. The van der Waals surface area contributed by atoms with Crippen LogP contribution in [0.1, 0.15) is 50.0 Å². The van der Waals surface area contributed by atoms with Crippen LogP contribution in [0.5, 0.6) is 0 Å². The summed E-state index contributed by atoms with van der Waals surface area (Å²) in [5.74, 6) is 1.61. The first kappa shape index (κ1) is 16.5. The zero-order valence-corrected chi connectivity index (χ0v) is 14.9. The molecule has 1 fully saturated rings. The third-order valence-electron chi connectivity index (χ3n) is 6.47. The minimum Gasteiger partial charge on any atom is -0.387 e. The molecular formula is C21H27N3O. The first-order valence-electron chi connectivity index (χ1n) is 9.59. The molecular weight excluding hydrogens is 310 g/mol. The Bertz CT molecular complexity index is 790. The summed E-state index contributed by atoms with van der Waals surface area (Å²) in [6.07, 6.45) is 7.23. The topological polar surface area (TPSA) is 63.0 Å². The van der Waals surface area contributed by atoms with Gasteiger partial charge in [-0.15, -0.1) is 0 Å². The number of fused-ring (bicyclic) bond motifs is 4. The summed E-state index contributed by atoms with van der Waals surface area (Å²) in [6, 6.07) is 8.26. The monoisotopic (exact) mass is 337 g/mol. The van der Waals surface area contributed by atoms with E-state index >= 15 is 0 Å². The minimum atomic E-state index is -0.441. The maximum absolute atomic E-state index is 11.1. The molecule has 1 aromatic carbocycles. The van der Waals surface area contributed by atoms with Gasteiger partial charge in [-0.05, 0) is 48.6 Å². The second-order valence-corrected chi connectivity index (χ2v) is 7.94. The number of benzene rings is 1. The fourth-order valence-electron chi connectivity index (χ4n) is 5.11. The molecule has 4 rings (SSSR count). The molecule has 0 saturated heterocycles. The molecule has 25 heavy (non-hydrogen) atoms. The lowest BCUT2D eigenvalue weighted by molar-refractivity contribution is 0.0604. The molecule has 2 N–H and O–H groups in total. The molecule has 0 radical (unpaired) electrons. The number of nitrogens with zero attached hydrogens (tertiary/aromatic N) is 2. The van der Waals surface area contributed by atoms with E-state index < -0.39 is 6.10 Å². The Morgan fingerprint density at radius 2 is 2.12 bits per heavy atom. The van der Waals surface area contributed by atoms with Gasteiger partial charge in [0.05, 0.1) is 6.10 Å². The Morgan fingerprint density at radius 1 is 1.28 bits per heavy atom. The highest BCUT2D eigenvalue weighted by Crippen LogP contribution is 2.42. The smallest absolute Gasteiger partial charge is 0.179 e. The van der Waals surface area contributed by atoms with Crippen LogP contribution in [0.15, 0.2) is 24.3 Å². The van der Waals surface area contributed by atoms with E-state index in [1.807, 2.05) is 17.0 Å². The van der Waals surface area contributed by atoms with E-state index in [1.165, 1.54) is 30.2 Å². The van der Waals surface area contributed by atoms with E-state index in [2.05, 4.69) is 30.2 Å². The maximum Gasteiger partial charge on any atom is 0.179 e. The average molecular weight is 337 g/mol. The van der Waals surface area contributed by atoms with Crippen molar-refractivity contribution in [2.75, 3.05) is 13.1 Å². The zero-order valence-electron chi connectivity index (χ0n) is 14.9. The van der Waals surface area contributed by atoms with Gasteiger partial charge in [0.15, 0.2) is 6.19 Å². The van der Waals surface area contributed by atoms with Crippen molar-refractivity contribution in [3.63, 3.8) is 0 Å². The first-order chi connectivity index (χ1) is 12.2. The lowest BCUT2D eigenvalue weighted by Crippen LogP contribution is -2.37. The molecule has 2 aliphatic rings. The molecule has 2 heterocycles. The molecule has 0 bridgehead atoms. The van der Waals surface area contributed by atoms with Gasteiger partial charge in [-0.1, -0.05) is 38.0 Å². The van der Waals surface area contributed by atoms with Crippen LogP contribution < -0.4 is 0 Å². The fourth-order valence-corrected chi connectivity index (χ4v) is 5.11. The van der Waals surface area contributed by atoms with Crippen molar-refractivity contribution in [1.82, 2.24) is 9.88 Å². The van der Waals surface area contributed by atoms with Gasteiger partial charge in [-0.25, -0.2) is 0 Å². The molecule has 4 heteroatoms. The predicted octanol–water partition coefficient (Wildman–Crippen LogP) is 3.98. The lowest BCUT2D eigenvalue weighted by atomic mass is 9.69. The van der Waals surface area contributed by atoms with Crippen molar-refractivity contribution in [1.29, 1.82) is 5.26 Å². The number of hydrogen-bond acceptors (Lipinski definition) is 3. The highest BCUT2D eigenvalue weighted by molar-refractivity contribution is 5.84. The first-order valence-corrected chi connectivity index (χ1v) is 9.59. The number of aromatic amines is 1. The van der Waals surface area contributed by atoms with Crippen LogP contribution in [-0.4, -0.2) is 28.1 Å². The molecule has 4 nitrogen and oxygen atoms in total. The van der Waals surface area contributed by atoms with E-state index in [1.54, 1.807) is 0 Å². The Balaban J connectivity index is 1.76. The van der Waals surface area contributed by atoms with Crippen LogP contribution >= 0.6 is 0 Å². The number of nitrogens with one attached hydrogen (secondary N) is 1. The molecule has 1 saturated carbocycles. The van der Waals surface area contributed by atoms with Gasteiger partial charge < -0.3 is 15.0 Å².